The number of fused-ring (bicyclic) bond motifs is 2. The zero-order chi connectivity index (χ0) is 46.1. The van der Waals surface area contributed by atoms with Crippen LogP contribution in [0.15, 0.2) is 96.0 Å². The first-order valence-electron chi connectivity index (χ1n) is 22.5. The van der Waals surface area contributed by atoms with Crippen molar-refractivity contribution in [3.05, 3.63) is 130 Å². The first kappa shape index (κ1) is 45.6. The summed E-state index contributed by atoms with van der Waals surface area (Å²) in [4.78, 5) is 23.6. The number of hydrogen-bond acceptors (Lipinski definition) is 11. The van der Waals surface area contributed by atoms with Gasteiger partial charge in [-0.05, 0) is 135 Å². The van der Waals surface area contributed by atoms with Crippen molar-refractivity contribution in [2.75, 3.05) is 56.3 Å². The summed E-state index contributed by atoms with van der Waals surface area (Å²) in [5, 5.41) is 9.17. The van der Waals surface area contributed by atoms with Gasteiger partial charge < -0.3 is 15.1 Å². The molecular weight excluding hydrogens is 895 g/mol. The lowest BCUT2D eigenvalue weighted by Gasteiger charge is -2.30. The average molecular weight is 949 g/mol. The molecule has 0 bridgehead atoms. The fourth-order valence-corrected chi connectivity index (χ4v) is 11.5. The summed E-state index contributed by atoms with van der Waals surface area (Å²) < 4.78 is 56.3. The van der Waals surface area contributed by atoms with Crippen molar-refractivity contribution >= 4 is 65.9 Å². The highest BCUT2D eigenvalue weighted by Crippen LogP contribution is 2.37. The lowest BCUT2D eigenvalue weighted by Crippen LogP contribution is -2.37. The Labute approximate surface area is 392 Å². The molecule has 344 valence electrons. The van der Waals surface area contributed by atoms with Gasteiger partial charge in [0.15, 0.2) is 10.3 Å². The number of hydrogen-bond donors (Lipinski definition) is 1. The zero-order valence-electron chi connectivity index (χ0n) is 37.8. The van der Waals surface area contributed by atoms with Crippen LogP contribution in [0.1, 0.15) is 73.9 Å². The van der Waals surface area contributed by atoms with E-state index in [0.717, 1.165) is 106 Å². The SMILES string of the molecule is CCc1nc2ccc(C3CCN(S(C)(=O)=O)CC3)cn2c1N(C)c1nc(-c2ccc(F)cc2)cs1.CCc1nc2ccc(C3CCNCC3)cn2c1N(C)c1nc(-c2ccc(F)cc2)cs1. The number of pyridine rings is 2. The van der Waals surface area contributed by atoms with Crippen LogP contribution in [-0.4, -0.2) is 88.0 Å². The summed E-state index contributed by atoms with van der Waals surface area (Å²) in [5.74, 6) is 2.41. The van der Waals surface area contributed by atoms with E-state index in [2.05, 4.69) is 68.4 Å². The molecule has 8 aromatic rings. The maximum Gasteiger partial charge on any atom is 0.211 e. The summed E-state index contributed by atoms with van der Waals surface area (Å²) in [6.45, 7) is 7.47. The van der Waals surface area contributed by atoms with Gasteiger partial charge in [-0.25, -0.2) is 41.4 Å². The van der Waals surface area contributed by atoms with Crippen LogP contribution in [0, 0.1) is 11.6 Å². The van der Waals surface area contributed by atoms with Gasteiger partial charge in [0.1, 0.15) is 34.6 Å². The monoisotopic (exact) mass is 948 g/mol. The van der Waals surface area contributed by atoms with E-state index in [1.54, 1.807) is 39.9 Å². The van der Waals surface area contributed by atoms with Crippen LogP contribution in [0.5, 0.6) is 0 Å². The molecular formula is C49H54F2N10O2S3. The standard InChI is InChI=1S/C25H28FN5O2S2.C24H26FN5S/c1-4-21-24(29(2)25-28-22(16-34-25)18-5-8-20(26)9-6-18)31-15-19(7-10-23(31)27-21)17-11-13-30(14-12-17)35(3,32)33;1-3-20-23(29(2)24-28-21(15-31-24)17-4-7-19(25)8-5-17)30-14-18(6-9-22(30)27-20)16-10-12-26-13-11-16/h5-10,15-17H,4,11-14H2,1-3H3;4-9,14-16,26H,3,10-13H2,1-2H3. The fraction of sp³-hybridized carbons (Fsp3) is 0.347. The number of anilines is 4. The highest BCUT2D eigenvalue weighted by molar-refractivity contribution is 7.88. The van der Waals surface area contributed by atoms with Gasteiger partial charge in [0.2, 0.25) is 10.0 Å². The predicted octanol–water partition coefficient (Wildman–Crippen LogP) is 10.5. The van der Waals surface area contributed by atoms with Gasteiger partial charge in [0.25, 0.3) is 0 Å². The van der Waals surface area contributed by atoms with Crippen molar-refractivity contribution in [2.24, 2.45) is 0 Å². The molecule has 0 aliphatic carbocycles. The molecule has 0 unspecified atom stereocenters. The Bertz CT molecular complexity index is 3060. The molecule has 2 saturated heterocycles. The number of aryl methyl sites for hydroxylation is 2. The largest absolute Gasteiger partial charge is 0.317 e. The topological polar surface area (TPSA) is 116 Å². The van der Waals surface area contributed by atoms with Crippen molar-refractivity contribution in [1.29, 1.82) is 0 Å². The quantitative estimate of drug-likeness (QED) is 0.135. The second-order valence-corrected chi connectivity index (χ2v) is 20.6. The van der Waals surface area contributed by atoms with E-state index in [0.29, 0.717) is 24.9 Å². The molecule has 8 heterocycles. The minimum absolute atomic E-state index is 0.237. The smallest absolute Gasteiger partial charge is 0.211 e. The average Bonchev–Trinajstić information content (AvgIpc) is 4.17. The third-order valence-electron chi connectivity index (χ3n) is 12.7. The van der Waals surface area contributed by atoms with Crippen molar-refractivity contribution in [1.82, 2.24) is 38.4 Å². The summed E-state index contributed by atoms with van der Waals surface area (Å²) in [7, 11) is 0.894. The Morgan fingerprint density at radius 3 is 1.47 bits per heavy atom. The number of sulfonamides is 1. The Hall–Kier alpha value is -5.59. The van der Waals surface area contributed by atoms with Crippen molar-refractivity contribution in [3.63, 3.8) is 0 Å². The minimum Gasteiger partial charge on any atom is -0.317 e. The lowest BCUT2D eigenvalue weighted by molar-refractivity contribution is 0.321. The van der Waals surface area contributed by atoms with Gasteiger partial charge >= 0.3 is 0 Å². The number of nitrogens with zero attached hydrogens (tertiary/aromatic N) is 9. The van der Waals surface area contributed by atoms with Crippen LogP contribution in [0.2, 0.25) is 0 Å². The third kappa shape index (κ3) is 9.49. The van der Waals surface area contributed by atoms with Crippen LogP contribution in [0.4, 0.5) is 30.7 Å². The summed E-state index contributed by atoms with van der Waals surface area (Å²) in [6.07, 6.45) is 11.2. The summed E-state index contributed by atoms with van der Waals surface area (Å²) in [6, 6.07) is 21.4. The molecule has 2 aromatic carbocycles. The van der Waals surface area contributed by atoms with Gasteiger partial charge in [-0.2, -0.15) is 0 Å². The van der Waals surface area contributed by atoms with E-state index in [4.69, 9.17) is 19.9 Å². The minimum atomic E-state index is -3.15. The van der Waals surface area contributed by atoms with Crippen LogP contribution >= 0.6 is 22.7 Å². The van der Waals surface area contributed by atoms with Gasteiger partial charge in [-0.1, -0.05) is 26.0 Å². The lowest BCUT2D eigenvalue weighted by atomic mass is 9.91. The molecule has 0 radical (unpaired) electrons. The molecule has 2 aliphatic heterocycles. The van der Waals surface area contributed by atoms with E-state index >= 15 is 0 Å². The molecule has 0 spiro atoms. The first-order valence-corrected chi connectivity index (χ1v) is 26.1. The molecule has 66 heavy (non-hydrogen) atoms. The Morgan fingerprint density at radius 2 is 1.06 bits per heavy atom. The number of thiazole rings is 2. The normalized spacial score (nSPS) is 15.3. The van der Waals surface area contributed by atoms with E-state index in [-0.39, 0.29) is 11.6 Å². The molecule has 6 aromatic heterocycles. The predicted molar refractivity (Wildman–Crippen MR) is 264 cm³/mol. The number of benzene rings is 2. The van der Waals surface area contributed by atoms with Crippen LogP contribution in [-0.2, 0) is 22.9 Å². The van der Waals surface area contributed by atoms with Gasteiger partial charge in [-0.3, -0.25) is 8.80 Å². The first-order chi connectivity index (χ1) is 31.9. The molecule has 17 heteroatoms. The number of imidazole rings is 2. The summed E-state index contributed by atoms with van der Waals surface area (Å²) >= 11 is 3.12. The number of halogens is 2. The van der Waals surface area contributed by atoms with E-state index in [1.807, 2.05) is 30.9 Å². The molecule has 2 aliphatic rings. The molecule has 0 amide bonds. The molecule has 1 N–H and O–H groups in total. The Balaban J connectivity index is 0.000000167. The van der Waals surface area contributed by atoms with Gasteiger partial charge in [0, 0.05) is 61.5 Å². The number of aromatic nitrogens is 6. The van der Waals surface area contributed by atoms with Crippen LogP contribution in [0.3, 0.4) is 0 Å². The van der Waals surface area contributed by atoms with E-state index < -0.39 is 10.0 Å². The van der Waals surface area contributed by atoms with Crippen LogP contribution in [0.25, 0.3) is 33.8 Å². The zero-order valence-corrected chi connectivity index (χ0v) is 40.2. The van der Waals surface area contributed by atoms with Gasteiger partial charge in [-0.15, -0.1) is 22.7 Å². The van der Waals surface area contributed by atoms with Gasteiger partial charge in [0.05, 0.1) is 29.0 Å². The molecule has 12 nitrogen and oxygen atoms in total. The van der Waals surface area contributed by atoms with Crippen molar-refractivity contribution in [2.45, 2.75) is 64.2 Å². The second kappa shape index (κ2) is 19.3. The fourth-order valence-electron chi connectivity index (χ4n) is 9.06. The molecule has 0 atom stereocenters. The van der Waals surface area contributed by atoms with Crippen LogP contribution < -0.4 is 15.1 Å². The number of nitrogens with one attached hydrogen (secondary N) is 1. The van der Waals surface area contributed by atoms with E-state index in [9.17, 15) is 17.2 Å². The summed E-state index contributed by atoms with van der Waals surface area (Å²) in [5.41, 5.74) is 9.89. The van der Waals surface area contributed by atoms with Crippen molar-refractivity contribution in [3.8, 4) is 22.5 Å². The molecule has 2 fully saturated rings. The highest BCUT2D eigenvalue weighted by Gasteiger charge is 2.27. The maximum absolute atomic E-state index is 13.3. The third-order valence-corrected chi connectivity index (χ3v) is 15.9. The van der Waals surface area contributed by atoms with E-state index in [1.165, 1.54) is 65.8 Å². The number of rotatable bonds is 11. The number of piperidine rings is 2. The second-order valence-electron chi connectivity index (χ2n) is 17.0. The molecule has 0 saturated carbocycles. The van der Waals surface area contributed by atoms with Crippen molar-refractivity contribution < 1.29 is 17.2 Å². The molecule has 10 rings (SSSR count). The maximum atomic E-state index is 13.3. The highest BCUT2D eigenvalue weighted by atomic mass is 32.2. The Kier molecular flexibility index (Phi) is 13.3. The Morgan fingerprint density at radius 1 is 0.636 bits per heavy atom.